The fourth-order valence-corrected chi connectivity index (χ4v) is 4.00. The quantitative estimate of drug-likeness (QED) is 0.607. The monoisotopic (exact) mass is 445 g/mol. The molecule has 1 atom stereocenters. The lowest BCUT2D eigenvalue weighted by atomic mass is 9.93. The summed E-state index contributed by atoms with van der Waals surface area (Å²) in [5.41, 5.74) is 3.53. The zero-order valence-electron chi connectivity index (χ0n) is 18.7. The second kappa shape index (κ2) is 9.73. The first-order valence-electron chi connectivity index (χ1n) is 11.0. The third-order valence-corrected chi connectivity index (χ3v) is 5.58. The molecular weight excluding hydrogens is 418 g/mol. The maximum absolute atomic E-state index is 13.2. The minimum atomic E-state index is -0.672. The number of amides is 3. The zero-order chi connectivity index (χ0) is 23.4. The number of rotatable bonds is 6. The number of hydrogen-bond acceptors (Lipinski definition) is 4. The van der Waals surface area contributed by atoms with Gasteiger partial charge in [-0.3, -0.25) is 14.4 Å². The van der Waals surface area contributed by atoms with Crippen LogP contribution in [0.1, 0.15) is 41.1 Å². The fraction of sp³-hybridized carbons (Fsp3) is 0.269. The van der Waals surface area contributed by atoms with E-state index in [2.05, 4.69) is 10.6 Å². The summed E-state index contributed by atoms with van der Waals surface area (Å²) in [7, 11) is 0. The predicted octanol–water partition coefficient (Wildman–Crippen LogP) is 3.55. The number of hydrogen-bond donors (Lipinski definition) is 2. The van der Waals surface area contributed by atoms with Crippen molar-refractivity contribution < 1.29 is 18.8 Å². The molecule has 0 aliphatic carbocycles. The van der Waals surface area contributed by atoms with Crippen molar-refractivity contribution in [2.45, 2.75) is 45.3 Å². The van der Waals surface area contributed by atoms with Crippen molar-refractivity contribution in [1.82, 2.24) is 10.2 Å². The molecule has 2 aromatic carbocycles. The lowest BCUT2D eigenvalue weighted by Crippen LogP contribution is -2.50. The van der Waals surface area contributed by atoms with Crippen molar-refractivity contribution in [3.05, 3.63) is 89.4 Å². The number of carbonyl (C=O) groups excluding carboxylic acids is 3. The van der Waals surface area contributed by atoms with Crippen LogP contribution in [0.25, 0.3) is 0 Å². The second-order valence-electron chi connectivity index (χ2n) is 8.48. The van der Waals surface area contributed by atoms with Gasteiger partial charge in [0.15, 0.2) is 5.76 Å². The van der Waals surface area contributed by atoms with Crippen molar-refractivity contribution in [2.75, 3.05) is 5.32 Å². The average molecular weight is 446 g/mol. The van der Waals surface area contributed by atoms with Crippen LogP contribution >= 0.6 is 0 Å². The lowest BCUT2D eigenvalue weighted by molar-refractivity contribution is -0.121. The Kier molecular flexibility index (Phi) is 6.58. The number of furan rings is 1. The van der Waals surface area contributed by atoms with Gasteiger partial charge in [-0.1, -0.05) is 36.4 Å². The molecule has 0 bridgehead atoms. The molecule has 3 aromatic rings. The summed E-state index contributed by atoms with van der Waals surface area (Å²) in [5, 5.41) is 5.78. The highest BCUT2D eigenvalue weighted by Gasteiger charge is 2.36. The third kappa shape index (κ3) is 5.31. The van der Waals surface area contributed by atoms with Crippen LogP contribution in [-0.4, -0.2) is 34.7 Å². The SMILES string of the molecule is CC(C)NC(=O)Cc1ccc(NC(=O)C2Cc3ccccc3CN2C(=O)c2ccco2)cc1. The van der Waals surface area contributed by atoms with E-state index in [9.17, 15) is 14.4 Å². The van der Waals surface area contributed by atoms with E-state index in [1.807, 2.05) is 50.2 Å². The molecule has 7 nitrogen and oxygen atoms in total. The first kappa shape index (κ1) is 22.3. The number of fused-ring (bicyclic) bond motifs is 1. The number of nitrogens with zero attached hydrogens (tertiary/aromatic N) is 1. The topological polar surface area (TPSA) is 91.7 Å². The minimum absolute atomic E-state index is 0.0465. The summed E-state index contributed by atoms with van der Waals surface area (Å²) in [6.45, 7) is 4.16. The van der Waals surface area contributed by atoms with Crippen molar-refractivity contribution in [1.29, 1.82) is 0 Å². The molecule has 170 valence electrons. The normalized spacial score (nSPS) is 15.1. The lowest BCUT2D eigenvalue weighted by Gasteiger charge is -2.35. The largest absolute Gasteiger partial charge is 0.459 e. The molecule has 0 saturated heterocycles. The molecule has 1 aliphatic rings. The molecule has 1 aliphatic heterocycles. The molecule has 7 heteroatoms. The summed E-state index contributed by atoms with van der Waals surface area (Å²) in [6.07, 6.45) is 2.14. The van der Waals surface area contributed by atoms with E-state index in [0.29, 0.717) is 18.7 Å². The minimum Gasteiger partial charge on any atom is -0.459 e. The highest BCUT2D eigenvalue weighted by molar-refractivity contribution is 6.00. The van der Waals surface area contributed by atoms with Gasteiger partial charge in [-0.15, -0.1) is 0 Å². The van der Waals surface area contributed by atoms with E-state index in [0.717, 1.165) is 16.7 Å². The first-order valence-corrected chi connectivity index (χ1v) is 11.0. The summed E-state index contributed by atoms with van der Waals surface area (Å²) in [6, 6.07) is 17.7. The zero-order valence-corrected chi connectivity index (χ0v) is 18.7. The number of nitrogens with one attached hydrogen (secondary N) is 2. The van der Waals surface area contributed by atoms with Gasteiger partial charge in [-0.2, -0.15) is 0 Å². The van der Waals surface area contributed by atoms with Gasteiger partial charge in [0.25, 0.3) is 5.91 Å². The van der Waals surface area contributed by atoms with Crippen LogP contribution in [0.4, 0.5) is 5.69 Å². The molecule has 1 aromatic heterocycles. The molecule has 2 heterocycles. The number of anilines is 1. The summed E-state index contributed by atoms with van der Waals surface area (Å²) in [4.78, 5) is 39.8. The van der Waals surface area contributed by atoms with Gasteiger partial charge < -0.3 is 20.0 Å². The van der Waals surface area contributed by atoms with E-state index in [-0.39, 0.29) is 35.9 Å². The van der Waals surface area contributed by atoms with Gasteiger partial charge in [0.2, 0.25) is 11.8 Å². The molecule has 0 saturated carbocycles. The van der Waals surface area contributed by atoms with E-state index < -0.39 is 6.04 Å². The maximum atomic E-state index is 13.2. The van der Waals surface area contributed by atoms with Gasteiger partial charge in [0.1, 0.15) is 6.04 Å². The molecule has 0 fully saturated rings. The van der Waals surface area contributed by atoms with E-state index in [1.165, 1.54) is 6.26 Å². The average Bonchev–Trinajstić information content (AvgIpc) is 3.33. The Morgan fingerprint density at radius 1 is 1.00 bits per heavy atom. The van der Waals surface area contributed by atoms with Gasteiger partial charge in [0.05, 0.1) is 12.7 Å². The van der Waals surface area contributed by atoms with Crippen molar-refractivity contribution >= 4 is 23.4 Å². The van der Waals surface area contributed by atoms with Crippen LogP contribution < -0.4 is 10.6 Å². The van der Waals surface area contributed by atoms with E-state index in [4.69, 9.17) is 4.42 Å². The Labute approximate surface area is 192 Å². The fourth-order valence-electron chi connectivity index (χ4n) is 4.00. The van der Waals surface area contributed by atoms with Crippen molar-refractivity contribution in [3.8, 4) is 0 Å². The first-order chi connectivity index (χ1) is 15.9. The summed E-state index contributed by atoms with van der Waals surface area (Å²) < 4.78 is 5.30. The van der Waals surface area contributed by atoms with Gasteiger partial charge in [-0.25, -0.2) is 0 Å². The predicted molar refractivity (Wildman–Crippen MR) is 125 cm³/mol. The van der Waals surface area contributed by atoms with Crippen LogP contribution in [0.2, 0.25) is 0 Å². The number of carbonyl (C=O) groups is 3. The standard InChI is InChI=1S/C26H27N3O4/c1-17(2)27-24(30)14-18-9-11-21(12-10-18)28-25(31)22-15-19-6-3-4-7-20(19)16-29(22)26(32)23-8-5-13-33-23/h3-13,17,22H,14-16H2,1-2H3,(H,27,30)(H,28,31). The molecule has 1 unspecified atom stereocenters. The van der Waals surface area contributed by atoms with Gasteiger partial charge in [-0.05, 0) is 54.8 Å². The smallest absolute Gasteiger partial charge is 0.290 e. The highest BCUT2D eigenvalue weighted by Crippen LogP contribution is 2.26. The number of benzene rings is 2. The van der Waals surface area contributed by atoms with Gasteiger partial charge >= 0.3 is 0 Å². The van der Waals surface area contributed by atoms with E-state index in [1.54, 1.807) is 29.2 Å². The summed E-state index contributed by atoms with van der Waals surface area (Å²) in [5.74, 6) is -0.429. The molecular formula is C26H27N3O4. The van der Waals surface area contributed by atoms with Crippen LogP contribution in [-0.2, 0) is 29.0 Å². The molecule has 4 rings (SSSR count). The van der Waals surface area contributed by atoms with Gasteiger partial charge in [0, 0.05) is 24.7 Å². The molecule has 0 spiro atoms. The van der Waals surface area contributed by atoms with Crippen LogP contribution in [0.5, 0.6) is 0 Å². The molecule has 2 N–H and O–H groups in total. The molecule has 0 radical (unpaired) electrons. The Balaban J connectivity index is 1.49. The second-order valence-corrected chi connectivity index (χ2v) is 8.48. The Morgan fingerprint density at radius 2 is 1.73 bits per heavy atom. The molecule has 3 amide bonds. The van der Waals surface area contributed by atoms with Crippen molar-refractivity contribution in [2.24, 2.45) is 0 Å². The van der Waals surface area contributed by atoms with Crippen LogP contribution in [0.15, 0.2) is 71.3 Å². The Bertz CT molecular complexity index is 1140. The third-order valence-electron chi connectivity index (χ3n) is 5.58. The van der Waals surface area contributed by atoms with Crippen LogP contribution in [0.3, 0.4) is 0 Å². The van der Waals surface area contributed by atoms with Crippen LogP contribution in [0, 0.1) is 0 Å². The highest BCUT2D eigenvalue weighted by atomic mass is 16.3. The Morgan fingerprint density at radius 3 is 2.39 bits per heavy atom. The molecule has 33 heavy (non-hydrogen) atoms. The maximum Gasteiger partial charge on any atom is 0.290 e. The Hall–Kier alpha value is -3.87. The summed E-state index contributed by atoms with van der Waals surface area (Å²) >= 11 is 0. The van der Waals surface area contributed by atoms with Crippen molar-refractivity contribution in [3.63, 3.8) is 0 Å². The van der Waals surface area contributed by atoms with E-state index >= 15 is 0 Å².